The Kier molecular flexibility index (Phi) is 9.34. The van der Waals surface area contributed by atoms with Gasteiger partial charge in [-0.15, -0.1) is 0 Å². The van der Waals surface area contributed by atoms with E-state index in [2.05, 4.69) is 5.32 Å². The van der Waals surface area contributed by atoms with Gasteiger partial charge in [-0.2, -0.15) is 0 Å². The first-order valence-electron chi connectivity index (χ1n) is 9.56. The van der Waals surface area contributed by atoms with Crippen LogP contribution >= 0.6 is 0 Å². The minimum Gasteiger partial charge on any atom is -0.390 e. The van der Waals surface area contributed by atoms with Gasteiger partial charge in [0.2, 0.25) is 11.8 Å². The summed E-state index contributed by atoms with van der Waals surface area (Å²) in [5.74, 6) is 0.314. The van der Waals surface area contributed by atoms with Gasteiger partial charge in [0.25, 0.3) is 0 Å². The van der Waals surface area contributed by atoms with Crippen molar-refractivity contribution in [3.63, 3.8) is 0 Å². The standard InChI is InChI=1S/C19H36N2O3/c1-16-10-8-12-19(2,24)13-9-15-21(3)17(22)11-6-4-5-7-14-20-18(16)23/h16,24H,4-15H2,1-3H3,(H,20,23)/t16-,19+/m1/s1. The smallest absolute Gasteiger partial charge is 0.222 e. The van der Waals surface area contributed by atoms with Crippen LogP contribution in [0.4, 0.5) is 0 Å². The molecule has 2 amide bonds. The highest BCUT2D eigenvalue weighted by Crippen LogP contribution is 2.22. The summed E-state index contributed by atoms with van der Waals surface area (Å²) in [6.45, 7) is 5.24. The van der Waals surface area contributed by atoms with Gasteiger partial charge >= 0.3 is 0 Å². The second-order valence-electron chi connectivity index (χ2n) is 7.66. The minimum absolute atomic E-state index is 0.00318. The Hall–Kier alpha value is -1.10. The fourth-order valence-electron chi connectivity index (χ4n) is 3.20. The number of nitrogens with one attached hydrogen (secondary N) is 1. The van der Waals surface area contributed by atoms with Crippen molar-refractivity contribution >= 4 is 11.8 Å². The van der Waals surface area contributed by atoms with Crippen LogP contribution in [-0.2, 0) is 9.59 Å². The fraction of sp³-hybridized carbons (Fsp3) is 0.895. The van der Waals surface area contributed by atoms with E-state index in [1.54, 1.807) is 4.90 Å². The first kappa shape index (κ1) is 20.9. The molecule has 0 aliphatic carbocycles. The highest BCUT2D eigenvalue weighted by atomic mass is 16.3. The molecular formula is C19H36N2O3. The van der Waals surface area contributed by atoms with E-state index in [0.29, 0.717) is 25.8 Å². The van der Waals surface area contributed by atoms with Crippen LogP contribution in [0, 0.1) is 5.92 Å². The van der Waals surface area contributed by atoms with Crippen LogP contribution in [0.5, 0.6) is 0 Å². The van der Waals surface area contributed by atoms with E-state index in [-0.39, 0.29) is 17.7 Å². The van der Waals surface area contributed by atoms with Crippen molar-refractivity contribution in [2.24, 2.45) is 5.92 Å². The summed E-state index contributed by atoms with van der Waals surface area (Å²) in [5, 5.41) is 13.5. The zero-order chi connectivity index (χ0) is 18.0. The van der Waals surface area contributed by atoms with Crippen LogP contribution in [0.25, 0.3) is 0 Å². The summed E-state index contributed by atoms with van der Waals surface area (Å²) in [5.41, 5.74) is -0.717. The lowest BCUT2D eigenvalue weighted by Gasteiger charge is -2.25. The normalized spacial score (nSPS) is 30.3. The summed E-state index contributed by atoms with van der Waals surface area (Å²) in [6.07, 6.45) is 8.39. The van der Waals surface area contributed by atoms with Crippen molar-refractivity contribution in [3.05, 3.63) is 0 Å². The number of rotatable bonds is 0. The average Bonchev–Trinajstić information content (AvgIpc) is 2.52. The Morgan fingerprint density at radius 2 is 1.75 bits per heavy atom. The van der Waals surface area contributed by atoms with E-state index >= 15 is 0 Å². The Bertz CT molecular complexity index is 362. The summed E-state index contributed by atoms with van der Waals surface area (Å²) in [7, 11) is 1.85. The molecule has 0 aromatic rings. The van der Waals surface area contributed by atoms with Gasteiger partial charge in [0, 0.05) is 32.5 Å². The summed E-state index contributed by atoms with van der Waals surface area (Å²) in [4.78, 5) is 25.9. The SMILES string of the molecule is C[C@@H]1CCC[C@](C)(O)CCCN(C)C(=O)CCCCCCNC1=O. The lowest BCUT2D eigenvalue weighted by Crippen LogP contribution is -2.32. The van der Waals surface area contributed by atoms with Gasteiger partial charge in [-0.05, 0) is 51.9 Å². The second kappa shape index (κ2) is 10.7. The van der Waals surface area contributed by atoms with Crippen molar-refractivity contribution in [3.8, 4) is 0 Å². The number of hydrogen-bond acceptors (Lipinski definition) is 3. The Balaban J connectivity index is 2.52. The molecule has 140 valence electrons. The third-order valence-electron chi connectivity index (χ3n) is 5.05. The monoisotopic (exact) mass is 340 g/mol. The van der Waals surface area contributed by atoms with Crippen LogP contribution in [0.2, 0.25) is 0 Å². The van der Waals surface area contributed by atoms with Gasteiger partial charge in [0.1, 0.15) is 0 Å². The van der Waals surface area contributed by atoms with E-state index in [1.165, 1.54) is 0 Å². The average molecular weight is 341 g/mol. The van der Waals surface area contributed by atoms with Crippen LogP contribution < -0.4 is 5.32 Å². The maximum atomic E-state index is 12.1. The molecule has 2 N–H and O–H groups in total. The predicted molar refractivity (Wildman–Crippen MR) is 96.6 cm³/mol. The maximum absolute atomic E-state index is 12.1. The van der Waals surface area contributed by atoms with Gasteiger partial charge in [-0.1, -0.05) is 19.8 Å². The Morgan fingerprint density at radius 1 is 1.08 bits per heavy atom. The first-order valence-corrected chi connectivity index (χ1v) is 9.56. The lowest BCUT2D eigenvalue weighted by atomic mass is 9.91. The molecule has 1 rings (SSSR count). The van der Waals surface area contributed by atoms with Crippen molar-refractivity contribution in [2.45, 2.75) is 83.7 Å². The molecule has 1 saturated heterocycles. The van der Waals surface area contributed by atoms with E-state index in [4.69, 9.17) is 0 Å². The maximum Gasteiger partial charge on any atom is 0.222 e. The molecule has 0 aromatic carbocycles. The van der Waals surface area contributed by atoms with Crippen LogP contribution in [0.1, 0.15) is 78.1 Å². The van der Waals surface area contributed by atoms with E-state index in [1.807, 2.05) is 20.9 Å². The fourth-order valence-corrected chi connectivity index (χ4v) is 3.20. The number of carbonyl (C=O) groups excluding carboxylic acids is 2. The van der Waals surface area contributed by atoms with E-state index in [0.717, 1.165) is 51.5 Å². The summed E-state index contributed by atoms with van der Waals surface area (Å²) < 4.78 is 0. The molecule has 2 atom stereocenters. The van der Waals surface area contributed by atoms with Crippen LogP contribution in [0.15, 0.2) is 0 Å². The van der Waals surface area contributed by atoms with Gasteiger partial charge in [0.15, 0.2) is 0 Å². The largest absolute Gasteiger partial charge is 0.390 e. The van der Waals surface area contributed by atoms with E-state index in [9.17, 15) is 14.7 Å². The van der Waals surface area contributed by atoms with Crippen LogP contribution in [-0.4, -0.2) is 47.6 Å². The number of nitrogens with zero attached hydrogens (tertiary/aromatic N) is 1. The number of hydrogen-bond donors (Lipinski definition) is 2. The number of carbonyl (C=O) groups is 2. The molecule has 0 spiro atoms. The summed E-state index contributed by atoms with van der Waals surface area (Å²) in [6, 6.07) is 0. The highest BCUT2D eigenvalue weighted by Gasteiger charge is 2.22. The molecule has 0 unspecified atom stereocenters. The lowest BCUT2D eigenvalue weighted by molar-refractivity contribution is -0.130. The molecule has 0 saturated carbocycles. The zero-order valence-corrected chi connectivity index (χ0v) is 15.8. The quantitative estimate of drug-likeness (QED) is 0.712. The van der Waals surface area contributed by atoms with Crippen molar-refractivity contribution in [1.82, 2.24) is 10.2 Å². The number of amides is 2. The van der Waals surface area contributed by atoms with Crippen molar-refractivity contribution < 1.29 is 14.7 Å². The molecule has 5 nitrogen and oxygen atoms in total. The summed E-state index contributed by atoms with van der Waals surface area (Å²) >= 11 is 0. The second-order valence-corrected chi connectivity index (χ2v) is 7.66. The third kappa shape index (κ3) is 8.67. The molecule has 0 bridgehead atoms. The topological polar surface area (TPSA) is 69.6 Å². The predicted octanol–water partition coefficient (Wildman–Crippen LogP) is 2.86. The minimum atomic E-state index is -0.717. The molecule has 0 aromatic heterocycles. The molecular weight excluding hydrogens is 304 g/mol. The zero-order valence-electron chi connectivity index (χ0n) is 15.8. The molecule has 0 radical (unpaired) electrons. The number of aliphatic hydroxyl groups is 1. The van der Waals surface area contributed by atoms with Gasteiger partial charge in [0.05, 0.1) is 5.60 Å². The van der Waals surface area contributed by atoms with Gasteiger partial charge in [-0.3, -0.25) is 9.59 Å². The van der Waals surface area contributed by atoms with Gasteiger partial charge in [-0.25, -0.2) is 0 Å². The molecule has 24 heavy (non-hydrogen) atoms. The first-order chi connectivity index (χ1) is 11.3. The van der Waals surface area contributed by atoms with Crippen molar-refractivity contribution in [2.75, 3.05) is 20.1 Å². The molecule has 1 fully saturated rings. The molecule has 1 aliphatic rings. The van der Waals surface area contributed by atoms with Crippen molar-refractivity contribution in [1.29, 1.82) is 0 Å². The molecule has 1 aliphatic heterocycles. The molecule has 1 heterocycles. The van der Waals surface area contributed by atoms with E-state index < -0.39 is 5.60 Å². The Morgan fingerprint density at radius 3 is 2.50 bits per heavy atom. The van der Waals surface area contributed by atoms with Gasteiger partial charge < -0.3 is 15.3 Å². The van der Waals surface area contributed by atoms with Crippen LogP contribution in [0.3, 0.4) is 0 Å². The third-order valence-corrected chi connectivity index (χ3v) is 5.05. The Labute approximate surface area is 147 Å². The molecule has 5 heteroatoms. The highest BCUT2D eigenvalue weighted by molar-refractivity contribution is 5.78.